The largest absolute Gasteiger partial charge is 0.490 e. The second kappa shape index (κ2) is 8.99. The zero-order valence-electron chi connectivity index (χ0n) is 17.5. The monoisotopic (exact) mass is 396 g/mol. The van der Waals surface area contributed by atoms with Crippen LogP contribution in [0.4, 0.5) is 11.6 Å². The quantitative estimate of drug-likeness (QED) is 0.835. The molecule has 0 bridgehead atoms. The molecule has 0 aliphatic carbocycles. The Balaban J connectivity index is 1.39. The summed E-state index contributed by atoms with van der Waals surface area (Å²) in [7, 11) is 0. The summed E-state index contributed by atoms with van der Waals surface area (Å²) in [4.78, 5) is 13.6. The molecule has 1 N–H and O–H groups in total. The van der Waals surface area contributed by atoms with E-state index in [-0.39, 0.29) is 18.8 Å². The van der Waals surface area contributed by atoms with Gasteiger partial charge in [-0.1, -0.05) is 12.1 Å². The summed E-state index contributed by atoms with van der Waals surface area (Å²) in [5.41, 5.74) is 2.42. The van der Waals surface area contributed by atoms with Crippen LogP contribution in [0.1, 0.15) is 43.2 Å². The third-order valence-corrected chi connectivity index (χ3v) is 6.17. The fourth-order valence-corrected chi connectivity index (χ4v) is 4.38. The molecular formula is C23H32N4O2. The first-order chi connectivity index (χ1) is 14.1. The Morgan fingerprint density at radius 1 is 1.00 bits per heavy atom. The van der Waals surface area contributed by atoms with Gasteiger partial charge in [0.05, 0.1) is 12.6 Å². The van der Waals surface area contributed by atoms with Crippen LogP contribution in [0.25, 0.3) is 0 Å². The normalized spacial score (nSPS) is 20.7. The van der Waals surface area contributed by atoms with Gasteiger partial charge in [-0.3, -0.25) is 0 Å². The van der Waals surface area contributed by atoms with Crippen LogP contribution in [0.5, 0.6) is 5.75 Å². The fraction of sp³-hybridized carbons (Fsp3) is 0.565. The number of nitrogens with zero attached hydrogens (tertiary/aromatic N) is 4. The standard InChI is InChI=1S/C23H32N4O2/c1-17-6-7-18(2)21(13-17)29-20-8-11-26(12-9-20)22-14-23(25-16-24-22)27-10-4-3-5-19(27)15-28/h6-7,13-14,16,19-20,28H,3-5,8-12,15H2,1-2H3. The fourth-order valence-electron chi connectivity index (χ4n) is 4.38. The van der Waals surface area contributed by atoms with Crippen molar-refractivity contribution in [1.82, 2.24) is 9.97 Å². The number of aliphatic hydroxyl groups excluding tert-OH is 1. The average Bonchev–Trinajstić information content (AvgIpc) is 2.77. The lowest BCUT2D eigenvalue weighted by atomic mass is 10.0. The molecule has 2 aromatic rings. The number of aromatic nitrogens is 2. The van der Waals surface area contributed by atoms with Crippen molar-refractivity contribution in [1.29, 1.82) is 0 Å². The number of piperidine rings is 2. The number of hydrogen-bond donors (Lipinski definition) is 1. The molecule has 4 rings (SSSR count). The van der Waals surface area contributed by atoms with Gasteiger partial charge in [-0.05, 0) is 50.3 Å². The van der Waals surface area contributed by atoms with E-state index < -0.39 is 0 Å². The Kier molecular flexibility index (Phi) is 6.19. The Bertz CT molecular complexity index is 820. The van der Waals surface area contributed by atoms with Gasteiger partial charge in [-0.15, -0.1) is 0 Å². The number of hydrogen-bond acceptors (Lipinski definition) is 6. The summed E-state index contributed by atoms with van der Waals surface area (Å²) < 4.78 is 6.30. The van der Waals surface area contributed by atoms with E-state index in [4.69, 9.17) is 4.74 Å². The van der Waals surface area contributed by atoms with Gasteiger partial charge in [0, 0.05) is 38.5 Å². The van der Waals surface area contributed by atoms with Crippen molar-refractivity contribution in [3.63, 3.8) is 0 Å². The molecule has 0 radical (unpaired) electrons. The summed E-state index contributed by atoms with van der Waals surface area (Å²) in [6.45, 7) is 7.19. The van der Waals surface area contributed by atoms with Gasteiger partial charge in [0.15, 0.2) is 0 Å². The molecule has 0 saturated carbocycles. The SMILES string of the molecule is Cc1ccc(C)c(OC2CCN(c3cc(N4CCCCC4CO)ncn3)CC2)c1. The van der Waals surface area contributed by atoms with Gasteiger partial charge in [0.2, 0.25) is 0 Å². The lowest BCUT2D eigenvalue weighted by Gasteiger charge is -2.37. The maximum atomic E-state index is 9.72. The second-order valence-electron chi connectivity index (χ2n) is 8.33. The van der Waals surface area contributed by atoms with Crippen molar-refractivity contribution in [2.75, 3.05) is 36.0 Å². The minimum Gasteiger partial charge on any atom is -0.490 e. The summed E-state index contributed by atoms with van der Waals surface area (Å²) in [6, 6.07) is 8.64. The van der Waals surface area contributed by atoms with E-state index in [1.165, 1.54) is 17.5 Å². The van der Waals surface area contributed by atoms with Crippen LogP contribution < -0.4 is 14.5 Å². The van der Waals surface area contributed by atoms with Crippen LogP contribution in [0.2, 0.25) is 0 Å². The molecule has 2 fully saturated rings. The lowest BCUT2D eigenvalue weighted by molar-refractivity contribution is 0.169. The first kappa shape index (κ1) is 20.0. The van der Waals surface area contributed by atoms with Gasteiger partial charge < -0.3 is 19.6 Å². The van der Waals surface area contributed by atoms with Crippen molar-refractivity contribution in [3.05, 3.63) is 41.7 Å². The number of anilines is 2. The zero-order valence-corrected chi connectivity index (χ0v) is 17.5. The Morgan fingerprint density at radius 2 is 1.79 bits per heavy atom. The molecule has 0 spiro atoms. The molecular weight excluding hydrogens is 364 g/mol. The molecule has 29 heavy (non-hydrogen) atoms. The molecule has 1 unspecified atom stereocenters. The van der Waals surface area contributed by atoms with Gasteiger partial charge in [0.25, 0.3) is 0 Å². The smallest absolute Gasteiger partial charge is 0.134 e. The minimum absolute atomic E-state index is 0.170. The first-order valence-electron chi connectivity index (χ1n) is 10.8. The van der Waals surface area contributed by atoms with E-state index in [9.17, 15) is 5.11 Å². The molecule has 6 nitrogen and oxygen atoms in total. The first-order valence-corrected chi connectivity index (χ1v) is 10.8. The van der Waals surface area contributed by atoms with Crippen molar-refractivity contribution >= 4 is 11.6 Å². The number of rotatable bonds is 5. The van der Waals surface area contributed by atoms with Crippen molar-refractivity contribution in [2.24, 2.45) is 0 Å². The Hall–Kier alpha value is -2.34. The summed E-state index contributed by atoms with van der Waals surface area (Å²) in [6.07, 6.45) is 7.22. The molecule has 2 saturated heterocycles. The van der Waals surface area contributed by atoms with Crippen molar-refractivity contribution in [2.45, 2.75) is 58.1 Å². The van der Waals surface area contributed by atoms with Crippen molar-refractivity contribution < 1.29 is 9.84 Å². The zero-order chi connectivity index (χ0) is 20.2. The van der Waals surface area contributed by atoms with Gasteiger partial charge in [-0.25, -0.2) is 9.97 Å². The molecule has 1 aromatic carbocycles. The van der Waals surface area contributed by atoms with Crippen LogP contribution in [-0.2, 0) is 0 Å². The topological polar surface area (TPSA) is 61.7 Å². The number of benzene rings is 1. The molecule has 0 amide bonds. The van der Waals surface area contributed by atoms with Crippen LogP contribution in [0.3, 0.4) is 0 Å². The lowest BCUT2D eigenvalue weighted by Crippen LogP contribution is -2.43. The van der Waals surface area contributed by atoms with Crippen LogP contribution in [-0.4, -0.2) is 53.5 Å². The van der Waals surface area contributed by atoms with Crippen LogP contribution in [0, 0.1) is 13.8 Å². The van der Waals surface area contributed by atoms with Gasteiger partial charge >= 0.3 is 0 Å². The minimum atomic E-state index is 0.170. The third-order valence-electron chi connectivity index (χ3n) is 6.17. The van der Waals surface area contributed by atoms with E-state index in [1.54, 1.807) is 6.33 Å². The number of aryl methyl sites for hydroxylation is 2. The maximum absolute atomic E-state index is 9.72. The van der Waals surface area contributed by atoms with Gasteiger partial charge in [0.1, 0.15) is 29.8 Å². The van der Waals surface area contributed by atoms with E-state index >= 15 is 0 Å². The number of ether oxygens (including phenoxy) is 1. The highest BCUT2D eigenvalue weighted by Crippen LogP contribution is 2.28. The molecule has 2 aliphatic rings. The predicted molar refractivity (Wildman–Crippen MR) is 116 cm³/mol. The molecule has 1 atom stereocenters. The van der Waals surface area contributed by atoms with E-state index in [1.807, 2.05) is 0 Å². The highest BCUT2D eigenvalue weighted by Gasteiger charge is 2.25. The van der Waals surface area contributed by atoms with E-state index in [0.29, 0.717) is 0 Å². The number of aliphatic hydroxyl groups is 1. The average molecular weight is 397 g/mol. The molecule has 3 heterocycles. The maximum Gasteiger partial charge on any atom is 0.134 e. The molecule has 1 aromatic heterocycles. The second-order valence-corrected chi connectivity index (χ2v) is 8.33. The Labute approximate surface area is 173 Å². The highest BCUT2D eigenvalue weighted by atomic mass is 16.5. The van der Waals surface area contributed by atoms with Crippen LogP contribution in [0.15, 0.2) is 30.6 Å². The molecule has 6 heteroatoms. The third kappa shape index (κ3) is 4.64. The summed E-state index contributed by atoms with van der Waals surface area (Å²) in [5, 5.41) is 9.72. The highest BCUT2D eigenvalue weighted by molar-refractivity contribution is 5.51. The molecule has 156 valence electrons. The Morgan fingerprint density at radius 3 is 2.59 bits per heavy atom. The van der Waals surface area contributed by atoms with Crippen molar-refractivity contribution in [3.8, 4) is 5.75 Å². The van der Waals surface area contributed by atoms with Crippen LogP contribution >= 0.6 is 0 Å². The summed E-state index contributed by atoms with van der Waals surface area (Å²) >= 11 is 0. The predicted octanol–water partition coefficient (Wildman–Crippen LogP) is 3.49. The van der Waals surface area contributed by atoms with E-state index in [0.717, 1.165) is 62.7 Å². The van der Waals surface area contributed by atoms with E-state index in [2.05, 4.69) is 57.9 Å². The molecule has 2 aliphatic heterocycles. The summed E-state index contributed by atoms with van der Waals surface area (Å²) in [5.74, 6) is 2.91. The van der Waals surface area contributed by atoms with Gasteiger partial charge in [-0.2, -0.15) is 0 Å².